The van der Waals surface area contributed by atoms with Gasteiger partial charge in [0.1, 0.15) is 0 Å². The van der Waals surface area contributed by atoms with Gasteiger partial charge in [-0.1, -0.05) is 0 Å². The van der Waals surface area contributed by atoms with Crippen LogP contribution in [0, 0.1) is 5.92 Å². The first-order valence-corrected chi connectivity index (χ1v) is 9.31. The normalized spacial score (nSPS) is 22.0. The van der Waals surface area contributed by atoms with Crippen LogP contribution in [0.2, 0.25) is 0 Å². The third kappa shape index (κ3) is 4.29. The first kappa shape index (κ1) is 16.8. The van der Waals surface area contributed by atoms with Crippen molar-refractivity contribution in [2.45, 2.75) is 32.0 Å². The molecule has 5 heteroatoms. The summed E-state index contributed by atoms with van der Waals surface area (Å²) in [5.74, 6) is 0.772. The Morgan fingerprint density at radius 2 is 2.00 bits per heavy atom. The molecule has 0 saturated carbocycles. The second-order valence-electron chi connectivity index (χ2n) is 7.18. The third-order valence-electron chi connectivity index (χ3n) is 5.30. The van der Waals surface area contributed by atoms with Gasteiger partial charge in [-0.05, 0) is 48.6 Å². The van der Waals surface area contributed by atoms with Gasteiger partial charge in [-0.25, -0.2) is 0 Å². The van der Waals surface area contributed by atoms with Crippen LogP contribution in [0.1, 0.15) is 30.1 Å². The van der Waals surface area contributed by atoms with Crippen LogP contribution in [0.25, 0.3) is 0 Å². The maximum absolute atomic E-state index is 6.03. The highest BCUT2D eigenvalue weighted by Gasteiger charge is 2.26. The maximum atomic E-state index is 6.03. The highest BCUT2D eigenvalue weighted by Crippen LogP contribution is 2.25. The van der Waals surface area contributed by atoms with E-state index in [-0.39, 0.29) is 0 Å². The maximum Gasteiger partial charge on any atom is 0.0719 e. The number of rotatable bonds is 6. The van der Waals surface area contributed by atoms with E-state index in [1.54, 1.807) is 0 Å². The van der Waals surface area contributed by atoms with Gasteiger partial charge in [0.15, 0.2) is 0 Å². The Bertz CT molecular complexity index is 652. The molecule has 0 aliphatic carbocycles. The molecule has 2 aromatic rings. The molecule has 1 atom stereocenters. The lowest BCUT2D eigenvalue weighted by atomic mass is 9.99. The van der Waals surface area contributed by atoms with E-state index in [0.717, 1.165) is 38.8 Å². The molecule has 2 aliphatic rings. The van der Waals surface area contributed by atoms with Crippen molar-refractivity contribution in [1.29, 1.82) is 0 Å². The Kier molecular flexibility index (Phi) is 5.45. The quantitative estimate of drug-likeness (QED) is 0.810. The van der Waals surface area contributed by atoms with E-state index >= 15 is 0 Å². The predicted molar refractivity (Wildman–Crippen MR) is 96.2 cm³/mol. The minimum atomic E-state index is 0.389. The van der Waals surface area contributed by atoms with Gasteiger partial charge in [0.25, 0.3) is 0 Å². The number of nitrogens with zero attached hydrogens (tertiary/aromatic N) is 3. The van der Waals surface area contributed by atoms with Gasteiger partial charge in [-0.2, -0.15) is 0 Å². The van der Waals surface area contributed by atoms with Gasteiger partial charge in [0.2, 0.25) is 0 Å². The summed E-state index contributed by atoms with van der Waals surface area (Å²) in [6, 6.07) is 8.81. The lowest BCUT2D eigenvalue weighted by molar-refractivity contribution is 0.0313. The monoisotopic (exact) mass is 341 g/mol. The van der Waals surface area contributed by atoms with Crippen molar-refractivity contribution < 1.29 is 9.47 Å². The molecule has 0 bridgehead atoms. The van der Waals surface area contributed by atoms with Crippen molar-refractivity contribution >= 4 is 0 Å². The molecule has 0 aromatic carbocycles. The van der Waals surface area contributed by atoms with Crippen LogP contribution < -0.4 is 0 Å². The highest BCUT2D eigenvalue weighted by molar-refractivity contribution is 5.12. The summed E-state index contributed by atoms with van der Waals surface area (Å²) in [6.07, 6.45) is 8.22. The minimum absolute atomic E-state index is 0.389. The molecule has 1 fully saturated rings. The van der Waals surface area contributed by atoms with E-state index in [0.29, 0.717) is 12.6 Å². The van der Waals surface area contributed by atoms with E-state index in [9.17, 15) is 0 Å². The van der Waals surface area contributed by atoms with Crippen LogP contribution in [0.4, 0.5) is 0 Å². The van der Waals surface area contributed by atoms with Crippen LogP contribution in [-0.4, -0.2) is 47.4 Å². The third-order valence-corrected chi connectivity index (χ3v) is 5.30. The highest BCUT2D eigenvalue weighted by atomic mass is 16.5. The SMILES string of the molecule is c1cc2n(c1)[C@H](COCc1ccncc1)CN(CC1CCOCC1)C2. The largest absolute Gasteiger partial charge is 0.381 e. The molecular formula is C20H27N3O2. The van der Waals surface area contributed by atoms with Gasteiger partial charge in [0, 0.05) is 57.1 Å². The summed E-state index contributed by atoms with van der Waals surface area (Å²) in [5, 5.41) is 0. The molecule has 2 aromatic heterocycles. The molecule has 0 N–H and O–H groups in total. The van der Waals surface area contributed by atoms with Gasteiger partial charge in [-0.15, -0.1) is 0 Å². The van der Waals surface area contributed by atoms with Crippen molar-refractivity contribution in [3.63, 3.8) is 0 Å². The molecule has 0 spiro atoms. The average Bonchev–Trinajstić information content (AvgIpc) is 3.12. The van der Waals surface area contributed by atoms with Crippen molar-refractivity contribution in [3.8, 4) is 0 Å². The summed E-state index contributed by atoms with van der Waals surface area (Å²) in [4.78, 5) is 6.66. The average molecular weight is 341 g/mol. The van der Waals surface area contributed by atoms with Crippen molar-refractivity contribution in [3.05, 3.63) is 54.1 Å². The zero-order valence-corrected chi connectivity index (χ0v) is 14.7. The van der Waals surface area contributed by atoms with Gasteiger partial charge >= 0.3 is 0 Å². The summed E-state index contributed by atoms with van der Waals surface area (Å²) < 4.78 is 13.9. The fraction of sp³-hybridized carbons (Fsp3) is 0.550. The molecule has 25 heavy (non-hydrogen) atoms. The van der Waals surface area contributed by atoms with Crippen molar-refractivity contribution in [1.82, 2.24) is 14.5 Å². The molecule has 0 unspecified atom stereocenters. The van der Waals surface area contributed by atoms with Crippen molar-refractivity contribution in [2.75, 3.05) is 32.9 Å². The van der Waals surface area contributed by atoms with Crippen LogP contribution >= 0.6 is 0 Å². The van der Waals surface area contributed by atoms with E-state index in [1.807, 2.05) is 24.5 Å². The Balaban J connectivity index is 1.35. The predicted octanol–water partition coefficient (Wildman–Crippen LogP) is 2.88. The molecule has 134 valence electrons. The van der Waals surface area contributed by atoms with Crippen LogP contribution in [0.15, 0.2) is 42.9 Å². The lowest BCUT2D eigenvalue weighted by Crippen LogP contribution is -2.41. The van der Waals surface area contributed by atoms with Crippen LogP contribution in [0.3, 0.4) is 0 Å². The molecule has 1 saturated heterocycles. The van der Waals surface area contributed by atoms with E-state index in [1.165, 1.54) is 30.6 Å². The van der Waals surface area contributed by atoms with Crippen molar-refractivity contribution in [2.24, 2.45) is 5.92 Å². The van der Waals surface area contributed by atoms with Crippen LogP contribution in [-0.2, 0) is 22.6 Å². The number of hydrogen-bond acceptors (Lipinski definition) is 4. The van der Waals surface area contributed by atoms with E-state index in [2.05, 4.69) is 32.8 Å². The number of ether oxygens (including phenoxy) is 2. The number of hydrogen-bond donors (Lipinski definition) is 0. The molecule has 5 nitrogen and oxygen atoms in total. The summed E-state index contributed by atoms with van der Waals surface area (Å²) in [5.41, 5.74) is 2.58. The topological polar surface area (TPSA) is 39.5 Å². The molecule has 4 rings (SSSR count). The molecule has 4 heterocycles. The van der Waals surface area contributed by atoms with E-state index in [4.69, 9.17) is 9.47 Å². The molecule has 0 amide bonds. The zero-order chi connectivity index (χ0) is 16.9. The fourth-order valence-corrected chi connectivity index (χ4v) is 3.96. The second kappa shape index (κ2) is 8.13. The molecular weight excluding hydrogens is 314 g/mol. The lowest BCUT2D eigenvalue weighted by Gasteiger charge is -2.37. The smallest absolute Gasteiger partial charge is 0.0719 e. The van der Waals surface area contributed by atoms with Gasteiger partial charge in [0.05, 0.1) is 19.3 Å². The Hall–Kier alpha value is -1.69. The Morgan fingerprint density at radius 3 is 2.84 bits per heavy atom. The first-order chi connectivity index (χ1) is 12.4. The van der Waals surface area contributed by atoms with E-state index < -0.39 is 0 Å². The standard InChI is InChI=1S/C20H27N3O2/c1-2-19-13-22(12-17-5-10-24-11-6-17)14-20(23(19)9-1)16-25-15-18-3-7-21-8-4-18/h1-4,7-9,17,20H,5-6,10-16H2/t20-/m0/s1. The zero-order valence-electron chi connectivity index (χ0n) is 14.7. The number of fused-ring (bicyclic) bond motifs is 1. The number of pyridine rings is 1. The van der Waals surface area contributed by atoms with Gasteiger partial charge in [-0.3, -0.25) is 9.88 Å². The van der Waals surface area contributed by atoms with Gasteiger partial charge < -0.3 is 14.0 Å². The Labute approximate surface area is 149 Å². The summed E-state index contributed by atoms with van der Waals surface area (Å²) in [7, 11) is 0. The fourth-order valence-electron chi connectivity index (χ4n) is 3.96. The minimum Gasteiger partial charge on any atom is -0.381 e. The molecule has 2 aliphatic heterocycles. The number of aromatic nitrogens is 2. The summed E-state index contributed by atoms with van der Waals surface area (Å²) in [6.45, 7) is 6.53. The first-order valence-electron chi connectivity index (χ1n) is 9.31. The second-order valence-corrected chi connectivity index (χ2v) is 7.18. The Morgan fingerprint density at radius 1 is 1.16 bits per heavy atom. The summed E-state index contributed by atoms with van der Waals surface area (Å²) >= 11 is 0. The molecule has 0 radical (unpaired) electrons. The van der Waals surface area contributed by atoms with Crippen LogP contribution in [0.5, 0.6) is 0 Å².